The Balaban J connectivity index is 2.02. The van der Waals surface area contributed by atoms with Gasteiger partial charge in [-0.3, -0.25) is 9.78 Å². The van der Waals surface area contributed by atoms with Crippen molar-refractivity contribution in [1.82, 2.24) is 10.1 Å². The number of hydrogen-bond donors (Lipinski definition) is 2. The lowest BCUT2D eigenvalue weighted by Crippen LogP contribution is -2.16. The zero-order valence-corrected chi connectivity index (χ0v) is 10.9. The van der Waals surface area contributed by atoms with E-state index >= 15 is 0 Å². The molecule has 2 aromatic heterocycles. The quantitative estimate of drug-likeness (QED) is 0.848. The second kappa shape index (κ2) is 5.51. The zero-order valence-electron chi connectivity index (χ0n) is 10.9. The average Bonchev–Trinajstić information content (AvgIpc) is 2.70. The molecule has 3 N–H and O–H groups in total. The first-order valence-electron chi connectivity index (χ1n) is 5.99. The first kappa shape index (κ1) is 13.1. The van der Waals surface area contributed by atoms with Crippen molar-refractivity contribution in [2.45, 2.75) is 20.3 Å². The molecule has 100 valence electrons. The van der Waals surface area contributed by atoms with E-state index in [9.17, 15) is 4.79 Å². The summed E-state index contributed by atoms with van der Waals surface area (Å²) in [7, 11) is 0. The van der Waals surface area contributed by atoms with Crippen LogP contribution in [-0.2, 0) is 6.42 Å². The van der Waals surface area contributed by atoms with Gasteiger partial charge < -0.3 is 15.6 Å². The van der Waals surface area contributed by atoms with Gasteiger partial charge in [-0.05, 0) is 26.3 Å². The number of anilines is 1. The molecule has 6 heteroatoms. The summed E-state index contributed by atoms with van der Waals surface area (Å²) in [5, 5.41) is 7.08. The van der Waals surface area contributed by atoms with Gasteiger partial charge in [-0.25, -0.2) is 0 Å². The van der Waals surface area contributed by atoms with Gasteiger partial charge in [0.25, 0.3) is 5.91 Å². The summed E-state index contributed by atoms with van der Waals surface area (Å²) in [4.78, 5) is 15.1. The molecule has 0 aromatic carbocycles. The predicted molar refractivity (Wildman–Crippen MR) is 70.9 cm³/mol. The Kier molecular flexibility index (Phi) is 3.79. The number of hydrogen-bond acceptors (Lipinski definition) is 5. The molecule has 0 atom stereocenters. The summed E-state index contributed by atoms with van der Waals surface area (Å²) in [6.07, 6.45) is 3.84. The molecule has 0 saturated heterocycles. The third-order valence-electron chi connectivity index (χ3n) is 2.96. The molecule has 0 aliphatic heterocycles. The fourth-order valence-corrected chi connectivity index (χ4v) is 1.93. The lowest BCUT2D eigenvalue weighted by atomic mass is 10.1. The summed E-state index contributed by atoms with van der Waals surface area (Å²) in [6, 6.07) is 1.73. The highest BCUT2D eigenvalue weighted by molar-refractivity contribution is 5.98. The normalized spacial score (nSPS) is 10.4. The maximum atomic E-state index is 11.2. The molecule has 0 saturated carbocycles. The van der Waals surface area contributed by atoms with E-state index in [1.54, 1.807) is 12.3 Å². The van der Waals surface area contributed by atoms with Crippen LogP contribution in [0.15, 0.2) is 23.0 Å². The van der Waals surface area contributed by atoms with E-state index in [0.29, 0.717) is 17.8 Å². The van der Waals surface area contributed by atoms with Crippen LogP contribution in [0.4, 0.5) is 5.69 Å². The molecule has 0 spiro atoms. The minimum Gasteiger partial charge on any atom is -0.384 e. The van der Waals surface area contributed by atoms with Crippen molar-refractivity contribution in [3.8, 4) is 0 Å². The molecule has 0 aliphatic rings. The first-order chi connectivity index (χ1) is 9.09. The highest BCUT2D eigenvalue weighted by atomic mass is 16.5. The van der Waals surface area contributed by atoms with E-state index < -0.39 is 5.91 Å². The topological polar surface area (TPSA) is 94.0 Å². The number of primary amides is 1. The number of amides is 1. The summed E-state index contributed by atoms with van der Waals surface area (Å²) in [5.74, 6) is 0.331. The number of nitrogens with zero attached hydrogens (tertiary/aromatic N) is 2. The minimum absolute atomic E-state index is 0.390. The molecule has 6 nitrogen and oxygen atoms in total. The third kappa shape index (κ3) is 2.90. The smallest absolute Gasteiger partial charge is 0.252 e. The summed E-state index contributed by atoms with van der Waals surface area (Å²) < 4.78 is 5.10. The standard InChI is InChI=1S/C13H16N4O2/c1-8-10(9(2)19-17-8)3-6-16-12-4-5-15-7-11(12)13(14)18/h4-5,7H,3,6H2,1-2H3,(H2,14,18)(H,15,16). The molecule has 2 aromatic rings. The van der Waals surface area contributed by atoms with Gasteiger partial charge in [0.2, 0.25) is 0 Å². The van der Waals surface area contributed by atoms with Crippen LogP contribution in [0.5, 0.6) is 0 Å². The maximum absolute atomic E-state index is 11.2. The van der Waals surface area contributed by atoms with Crippen molar-refractivity contribution in [1.29, 1.82) is 0 Å². The summed E-state index contributed by atoms with van der Waals surface area (Å²) >= 11 is 0. The second-order valence-corrected chi connectivity index (χ2v) is 4.27. The largest absolute Gasteiger partial charge is 0.384 e. The van der Waals surface area contributed by atoms with Gasteiger partial charge in [0.1, 0.15) is 5.76 Å². The van der Waals surface area contributed by atoms with Crippen molar-refractivity contribution in [3.63, 3.8) is 0 Å². The van der Waals surface area contributed by atoms with E-state index in [-0.39, 0.29) is 0 Å². The Hall–Kier alpha value is -2.37. The minimum atomic E-state index is -0.493. The molecule has 1 amide bonds. The predicted octanol–water partition coefficient (Wildman–Crippen LogP) is 1.44. The number of aromatic nitrogens is 2. The number of carbonyl (C=O) groups is 1. The molecule has 0 fully saturated rings. The van der Waals surface area contributed by atoms with Gasteiger partial charge >= 0.3 is 0 Å². The number of pyridine rings is 1. The molecular weight excluding hydrogens is 244 g/mol. The number of nitrogens with one attached hydrogen (secondary N) is 1. The number of aryl methyl sites for hydroxylation is 2. The molecular formula is C13H16N4O2. The Bertz CT molecular complexity index is 573. The van der Waals surface area contributed by atoms with Crippen LogP contribution in [0.25, 0.3) is 0 Å². The van der Waals surface area contributed by atoms with Crippen LogP contribution in [0.1, 0.15) is 27.4 Å². The number of rotatable bonds is 5. The van der Waals surface area contributed by atoms with E-state index in [0.717, 1.165) is 23.4 Å². The van der Waals surface area contributed by atoms with E-state index in [2.05, 4.69) is 15.5 Å². The van der Waals surface area contributed by atoms with Crippen molar-refractivity contribution in [2.24, 2.45) is 5.73 Å². The van der Waals surface area contributed by atoms with E-state index in [4.69, 9.17) is 10.3 Å². The van der Waals surface area contributed by atoms with Crippen LogP contribution in [0.3, 0.4) is 0 Å². The third-order valence-corrected chi connectivity index (χ3v) is 2.96. The fraction of sp³-hybridized carbons (Fsp3) is 0.308. The lowest BCUT2D eigenvalue weighted by molar-refractivity contribution is 0.100. The van der Waals surface area contributed by atoms with Gasteiger partial charge in [-0.15, -0.1) is 0 Å². The molecule has 2 rings (SSSR count). The van der Waals surface area contributed by atoms with Gasteiger partial charge in [-0.1, -0.05) is 5.16 Å². The van der Waals surface area contributed by atoms with E-state index in [1.807, 2.05) is 13.8 Å². The van der Waals surface area contributed by atoms with Crippen LogP contribution in [0, 0.1) is 13.8 Å². The SMILES string of the molecule is Cc1noc(C)c1CCNc1ccncc1C(N)=O. The molecule has 0 aliphatic carbocycles. The van der Waals surface area contributed by atoms with Crippen LogP contribution in [0.2, 0.25) is 0 Å². The van der Waals surface area contributed by atoms with Crippen LogP contribution < -0.4 is 11.1 Å². The highest BCUT2D eigenvalue weighted by Gasteiger charge is 2.10. The molecule has 2 heterocycles. The molecule has 19 heavy (non-hydrogen) atoms. The Morgan fingerprint density at radius 1 is 1.47 bits per heavy atom. The maximum Gasteiger partial charge on any atom is 0.252 e. The number of nitrogens with two attached hydrogens (primary N) is 1. The zero-order chi connectivity index (χ0) is 13.8. The van der Waals surface area contributed by atoms with Crippen molar-refractivity contribution in [2.75, 3.05) is 11.9 Å². The van der Waals surface area contributed by atoms with Gasteiger partial charge in [-0.2, -0.15) is 0 Å². The molecule has 0 unspecified atom stereocenters. The fourth-order valence-electron chi connectivity index (χ4n) is 1.93. The van der Waals surface area contributed by atoms with Gasteiger partial charge in [0.05, 0.1) is 16.9 Å². The Morgan fingerprint density at radius 2 is 2.26 bits per heavy atom. The van der Waals surface area contributed by atoms with Gasteiger partial charge in [0, 0.05) is 24.5 Å². The first-order valence-corrected chi connectivity index (χ1v) is 5.99. The summed E-state index contributed by atoms with van der Waals surface area (Å²) in [6.45, 7) is 4.46. The Morgan fingerprint density at radius 3 is 2.89 bits per heavy atom. The van der Waals surface area contributed by atoms with Crippen molar-refractivity contribution in [3.05, 3.63) is 41.0 Å². The lowest BCUT2D eigenvalue weighted by Gasteiger charge is -2.09. The van der Waals surface area contributed by atoms with Crippen LogP contribution >= 0.6 is 0 Å². The molecule has 0 radical (unpaired) electrons. The van der Waals surface area contributed by atoms with Crippen LogP contribution in [-0.4, -0.2) is 22.6 Å². The average molecular weight is 260 g/mol. The highest BCUT2D eigenvalue weighted by Crippen LogP contribution is 2.15. The van der Waals surface area contributed by atoms with Crippen molar-refractivity contribution >= 4 is 11.6 Å². The van der Waals surface area contributed by atoms with Crippen molar-refractivity contribution < 1.29 is 9.32 Å². The van der Waals surface area contributed by atoms with E-state index in [1.165, 1.54) is 6.20 Å². The second-order valence-electron chi connectivity index (χ2n) is 4.27. The Labute approximate surface area is 111 Å². The summed E-state index contributed by atoms with van der Waals surface area (Å²) in [5.41, 5.74) is 8.34. The molecule has 0 bridgehead atoms. The monoisotopic (exact) mass is 260 g/mol. The van der Waals surface area contributed by atoms with Gasteiger partial charge in [0.15, 0.2) is 0 Å². The number of carbonyl (C=O) groups excluding carboxylic acids is 1.